The second-order valence-electron chi connectivity index (χ2n) is 3.86. The number of thioether (sulfide) groups is 1. The molecule has 0 spiro atoms. The number of hydrogen-bond donors (Lipinski definition) is 2. The number of halogens is 1. The van der Waals surface area contributed by atoms with Crippen molar-refractivity contribution in [1.82, 2.24) is 0 Å². The number of hydrogen-bond acceptors (Lipinski definition) is 3. The first-order chi connectivity index (χ1) is 8.65. The van der Waals surface area contributed by atoms with Crippen molar-refractivity contribution in [1.29, 1.82) is 0 Å². The Kier molecular flexibility index (Phi) is 4.32. The van der Waals surface area contributed by atoms with Crippen LogP contribution in [-0.2, 0) is 6.61 Å². The van der Waals surface area contributed by atoms with Gasteiger partial charge in [0.1, 0.15) is 5.75 Å². The van der Waals surface area contributed by atoms with Crippen molar-refractivity contribution in [3.63, 3.8) is 0 Å². The Labute approximate surface area is 119 Å². The third-order valence-corrected chi connectivity index (χ3v) is 4.06. The zero-order chi connectivity index (χ0) is 13.1. The molecule has 0 aliphatic rings. The van der Waals surface area contributed by atoms with Crippen molar-refractivity contribution < 1.29 is 10.2 Å². The minimum absolute atomic E-state index is 0.0298. The fourth-order valence-electron chi connectivity index (χ4n) is 1.80. The molecule has 2 rings (SSSR count). The van der Waals surface area contributed by atoms with E-state index in [0.29, 0.717) is 0 Å². The molecule has 0 unspecified atom stereocenters. The molecule has 0 amide bonds. The van der Waals surface area contributed by atoms with E-state index in [1.54, 1.807) is 23.9 Å². The van der Waals surface area contributed by atoms with Gasteiger partial charge in [0.15, 0.2) is 0 Å². The van der Waals surface area contributed by atoms with Crippen LogP contribution < -0.4 is 0 Å². The van der Waals surface area contributed by atoms with Gasteiger partial charge in [0, 0.05) is 14.9 Å². The Hall–Kier alpha value is -0.970. The lowest BCUT2D eigenvalue weighted by molar-refractivity contribution is 0.281. The summed E-state index contributed by atoms with van der Waals surface area (Å²) < 4.78 is 0.948. The van der Waals surface area contributed by atoms with Gasteiger partial charge in [0.25, 0.3) is 0 Å². The van der Waals surface area contributed by atoms with Gasteiger partial charge in [-0.3, -0.25) is 0 Å². The molecule has 0 fully saturated rings. The maximum atomic E-state index is 9.33. The molecule has 0 saturated carbocycles. The molecule has 0 bridgehead atoms. The molecule has 0 heterocycles. The van der Waals surface area contributed by atoms with Crippen molar-refractivity contribution in [2.45, 2.75) is 11.5 Å². The van der Waals surface area contributed by atoms with Crippen LogP contribution in [0.3, 0.4) is 0 Å². The fourth-order valence-corrected chi connectivity index (χ4v) is 3.36. The molecule has 0 radical (unpaired) electrons. The first kappa shape index (κ1) is 13.5. The molecule has 0 aliphatic heterocycles. The summed E-state index contributed by atoms with van der Waals surface area (Å²) >= 11 is 5.18. The van der Waals surface area contributed by atoms with Gasteiger partial charge in [-0.25, -0.2) is 0 Å². The summed E-state index contributed by atoms with van der Waals surface area (Å²) in [6, 6.07) is 11.0. The van der Waals surface area contributed by atoms with E-state index in [1.807, 2.05) is 30.5 Å². The zero-order valence-corrected chi connectivity index (χ0v) is 12.3. The Morgan fingerprint density at radius 1 is 1.17 bits per heavy atom. The van der Waals surface area contributed by atoms with Crippen molar-refractivity contribution in [3.05, 3.63) is 46.4 Å². The minimum atomic E-state index is 0.0298. The largest absolute Gasteiger partial charge is 0.508 e. The first-order valence-electron chi connectivity index (χ1n) is 5.42. The predicted molar refractivity (Wildman–Crippen MR) is 78.9 cm³/mol. The average molecular weight is 325 g/mol. The molecule has 4 heteroatoms. The molecule has 2 aromatic carbocycles. The number of aliphatic hydroxyl groups is 1. The molecule has 94 valence electrons. The van der Waals surface area contributed by atoms with E-state index < -0.39 is 0 Å². The SMILES string of the molecule is CSc1cc(CO)cc(Br)c1-c1ccc(O)cc1. The molecule has 2 aromatic rings. The molecule has 18 heavy (non-hydrogen) atoms. The van der Waals surface area contributed by atoms with Crippen LogP contribution in [0.1, 0.15) is 5.56 Å². The highest BCUT2D eigenvalue weighted by molar-refractivity contribution is 9.10. The number of aromatic hydroxyl groups is 1. The standard InChI is InChI=1S/C14H13BrO2S/c1-18-13-7-9(8-16)6-12(15)14(13)10-2-4-11(17)5-3-10/h2-7,16-17H,8H2,1H3. The van der Waals surface area contributed by atoms with Crippen LogP contribution in [0, 0.1) is 0 Å². The maximum absolute atomic E-state index is 9.33. The summed E-state index contributed by atoms with van der Waals surface area (Å²) in [4.78, 5) is 1.10. The Morgan fingerprint density at radius 2 is 1.83 bits per heavy atom. The van der Waals surface area contributed by atoms with Gasteiger partial charge in [0.05, 0.1) is 6.61 Å². The van der Waals surface area contributed by atoms with E-state index in [2.05, 4.69) is 15.9 Å². The molecule has 0 saturated heterocycles. The number of phenols is 1. The summed E-state index contributed by atoms with van der Waals surface area (Å²) in [5.41, 5.74) is 3.00. The lowest BCUT2D eigenvalue weighted by Gasteiger charge is -2.12. The number of aliphatic hydroxyl groups excluding tert-OH is 1. The third-order valence-electron chi connectivity index (χ3n) is 2.67. The second kappa shape index (κ2) is 5.78. The van der Waals surface area contributed by atoms with Gasteiger partial charge in [-0.2, -0.15) is 0 Å². The fraction of sp³-hybridized carbons (Fsp3) is 0.143. The van der Waals surface area contributed by atoms with Gasteiger partial charge in [-0.1, -0.05) is 28.1 Å². The van der Waals surface area contributed by atoms with Gasteiger partial charge in [0.2, 0.25) is 0 Å². The van der Waals surface area contributed by atoms with Crippen LogP contribution in [0.2, 0.25) is 0 Å². The second-order valence-corrected chi connectivity index (χ2v) is 5.56. The summed E-state index contributed by atoms with van der Waals surface area (Å²) in [6.45, 7) is 0.0298. The van der Waals surface area contributed by atoms with Gasteiger partial charge in [-0.15, -0.1) is 11.8 Å². The Bertz CT molecular complexity index is 552. The van der Waals surface area contributed by atoms with Crippen molar-refractivity contribution in [2.75, 3.05) is 6.26 Å². The molecule has 0 aromatic heterocycles. The van der Waals surface area contributed by atoms with Gasteiger partial charge in [-0.05, 0) is 41.6 Å². The van der Waals surface area contributed by atoms with Gasteiger partial charge < -0.3 is 10.2 Å². The highest BCUT2D eigenvalue weighted by Gasteiger charge is 2.11. The van der Waals surface area contributed by atoms with E-state index in [9.17, 15) is 10.2 Å². The van der Waals surface area contributed by atoms with Crippen LogP contribution in [0.15, 0.2) is 45.8 Å². The lowest BCUT2D eigenvalue weighted by Crippen LogP contribution is -1.90. The van der Waals surface area contributed by atoms with Crippen LogP contribution >= 0.6 is 27.7 Å². The maximum Gasteiger partial charge on any atom is 0.115 e. The zero-order valence-electron chi connectivity index (χ0n) is 9.85. The monoisotopic (exact) mass is 324 g/mol. The van der Waals surface area contributed by atoms with Crippen molar-refractivity contribution >= 4 is 27.7 Å². The first-order valence-corrected chi connectivity index (χ1v) is 7.44. The van der Waals surface area contributed by atoms with Gasteiger partial charge >= 0.3 is 0 Å². The lowest BCUT2D eigenvalue weighted by atomic mass is 10.0. The van der Waals surface area contributed by atoms with E-state index >= 15 is 0 Å². The number of benzene rings is 2. The van der Waals surface area contributed by atoms with E-state index in [1.165, 1.54) is 0 Å². The summed E-state index contributed by atoms with van der Waals surface area (Å²) in [5.74, 6) is 0.257. The predicted octanol–water partition coefficient (Wildman–Crippen LogP) is 4.04. The smallest absolute Gasteiger partial charge is 0.115 e. The topological polar surface area (TPSA) is 40.5 Å². The normalized spacial score (nSPS) is 10.6. The summed E-state index contributed by atoms with van der Waals surface area (Å²) in [5, 5.41) is 18.5. The molecule has 2 N–H and O–H groups in total. The average Bonchev–Trinajstić information content (AvgIpc) is 2.39. The number of phenolic OH excluding ortho intramolecular Hbond substituents is 1. The van der Waals surface area contributed by atoms with Crippen LogP contribution in [0.5, 0.6) is 5.75 Å². The van der Waals surface area contributed by atoms with Crippen LogP contribution in [0.25, 0.3) is 11.1 Å². The van der Waals surface area contributed by atoms with E-state index in [-0.39, 0.29) is 12.4 Å². The van der Waals surface area contributed by atoms with E-state index in [4.69, 9.17) is 0 Å². The quantitative estimate of drug-likeness (QED) is 0.837. The molecule has 0 atom stereocenters. The summed E-state index contributed by atoms with van der Waals surface area (Å²) in [6.07, 6.45) is 2.01. The van der Waals surface area contributed by atoms with E-state index in [0.717, 1.165) is 26.1 Å². The molecular weight excluding hydrogens is 312 g/mol. The molecule has 2 nitrogen and oxygen atoms in total. The van der Waals surface area contributed by atoms with Crippen molar-refractivity contribution in [2.24, 2.45) is 0 Å². The Balaban J connectivity index is 2.59. The highest BCUT2D eigenvalue weighted by atomic mass is 79.9. The molecular formula is C14H13BrO2S. The summed E-state index contributed by atoms with van der Waals surface area (Å²) in [7, 11) is 0. The van der Waals surface area contributed by atoms with Crippen LogP contribution in [0.4, 0.5) is 0 Å². The van der Waals surface area contributed by atoms with Crippen LogP contribution in [-0.4, -0.2) is 16.5 Å². The van der Waals surface area contributed by atoms with Crippen molar-refractivity contribution in [3.8, 4) is 16.9 Å². The number of rotatable bonds is 3. The highest BCUT2D eigenvalue weighted by Crippen LogP contribution is 2.38. The minimum Gasteiger partial charge on any atom is -0.508 e. The molecule has 0 aliphatic carbocycles. The Morgan fingerprint density at radius 3 is 2.39 bits per heavy atom. The third kappa shape index (κ3) is 2.71.